The molecule has 3 N–H and O–H groups in total. The molecule has 0 bridgehead atoms. The molecule has 1 aromatic carbocycles. The van der Waals surface area contributed by atoms with Crippen LogP contribution in [0.15, 0.2) is 18.2 Å². The Balaban J connectivity index is 2.06. The molecule has 0 fully saturated rings. The van der Waals surface area contributed by atoms with E-state index in [2.05, 4.69) is 5.32 Å². The lowest BCUT2D eigenvalue weighted by Gasteiger charge is -2.17. The van der Waals surface area contributed by atoms with Crippen LogP contribution in [0.1, 0.15) is 19.4 Å². The minimum Gasteiger partial charge on any atom is -0.399 e. The molecule has 5 heteroatoms. The third kappa shape index (κ3) is 3.05. The topological polar surface area (TPSA) is 75.4 Å². The number of carbonyl (C=O) groups excluding carboxylic acids is 2. The lowest BCUT2D eigenvalue weighted by molar-refractivity contribution is -0.123. The number of fused-ring (bicyclic) bond motifs is 1. The van der Waals surface area contributed by atoms with Crippen molar-refractivity contribution in [3.8, 4) is 0 Å². The molecular weight excluding hydrogens is 242 g/mol. The Hall–Kier alpha value is -2.04. The summed E-state index contributed by atoms with van der Waals surface area (Å²) in [4.78, 5) is 25.2. The number of nitrogens with one attached hydrogen (secondary N) is 1. The fourth-order valence-corrected chi connectivity index (χ4v) is 2.09. The molecular formula is C14H19N3O2. The SMILES string of the molecule is CC(C)CNC(=O)CN1C(=O)Cc2cc(N)ccc21. The zero-order valence-corrected chi connectivity index (χ0v) is 11.3. The first kappa shape index (κ1) is 13.4. The summed E-state index contributed by atoms with van der Waals surface area (Å²) in [6, 6.07) is 5.33. The third-order valence-corrected chi connectivity index (χ3v) is 3.05. The van der Waals surface area contributed by atoms with E-state index in [0.717, 1.165) is 11.3 Å². The Labute approximate surface area is 112 Å². The van der Waals surface area contributed by atoms with E-state index in [-0.39, 0.29) is 18.4 Å². The van der Waals surface area contributed by atoms with Crippen LogP contribution in [-0.2, 0) is 16.0 Å². The Morgan fingerprint density at radius 2 is 2.21 bits per heavy atom. The smallest absolute Gasteiger partial charge is 0.240 e. The highest BCUT2D eigenvalue weighted by Crippen LogP contribution is 2.30. The normalized spacial score (nSPS) is 13.8. The van der Waals surface area contributed by atoms with Crippen LogP contribution in [0.5, 0.6) is 0 Å². The van der Waals surface area contributed by atoms with Gasteiger partial charge in [-0.3, -0.25) is 9.59 Å². The Bertz CT molecular complexity index is 511. The van der Waals surface area contributed by atoms with E-state index in [1.165, 1.54) is 4.90 Å². The van der Waals surface area contributed by atoms with Gasteiger partial charge in [0.15, 0.2) is 0 Å². The van der Waals surface area contributed by atoms with Gasteiger partial charge in [0.2, 0.25) is 11.8 Å². The van der Waals surface area contributed by atoms with Crippen LogP contribution in [0.25, 0.3) is 0 Å². The minimum atomic E-state index is -0.133. The van der Waals surface area contributed by atoms with Crippen molar-refractivity contribution in [1.82, 2.24) is 5.32 Å². The number of hydrogen-bond donors (Lipinski definition) is 2. The van der Waals surface area contributed by atoms with Crippen LogP contribution in [0.3, 0.4) is 0 Å². The molecule has 0 unspecified atom stereocenters. The summed E-state index contributed by atoms with van der Waals surface area (Å²) in [7, 11) is 0. The summed E-state index contributed by atoms with van der Waals surface area (Å²) >= 11 is 0. The third-order valence-electron chi connectivity index (χ3n) is 3.05. The number of hydrogen-bond acceptors (Lipinski definition) is 3. The number of anilines is 2. The number of benzene rings is 1. The molecule has 1 aromatic rings. The summed E-state index contributed by atoms with van der Waals surface area (Å²) in [5.41, 5.74) is 8.01. The molecule has 2 amide bonds. The van der Waals surface area contributed by atoms with Crippen LogP contribution >= 0.6 is 0 Å². The van der Waals surface area contributed by atoms with Crippen LogP contribution in [0.4, 0.5) is 11.4 Å². The number of rotatable bonds is 4. The van der Waals surface area contributed by atoms with Crippen molar-refractivity contribution in [2.75, 3.05) is 23.7 Å². The fraction of sp³-hybridized carbons (Fsp3) is 0.429. The quantitative estimate of drug-likeness (QED) is 0.792. The maximum absolute atomic E-state index is 11.9. The van der Waals surface area contributed by atoms with Crippen LogP contribution < -0.4 is 16.0 Å². The zero-order chi connectivity index (χ0) is 14.0. The maximum Gasteiger partial charge on any atom is 0.240 e. The molecule has 0 saturated carbocycles. The second kappa shape index (κ2) is 5.30. The minimum absolute atomic E-state index is 0.0553. The molecule has 1 aliphatic heterocycles. The fourth-order valence-electron chi connectivity index (χ4n) is 2.09. The Morgan fingerprint density at radius 3 is 2.89 bits per heavy atom. The van der Waals surface area contributed by atoms with E-state index in [1.807, 2.05) is 13.8 Å². The molecule has 0 atom stereocenters. The highest BCUT2D eigenvalue weighted by atomic mass is 16.2. The van der Waals surface area contributed by atoms with E-state index in [4.69, 9.17) is 5.73 Å². The first-order valence-electron chi connectivity index (χ1n) is 6.43. The maximum atomic E-state index is 11.9. The Morgan fingerprint density at radius 1 is 1.47 bits per heavy atom. The zero-order valence-electron chi connectivity index (χ0n) is 11.3. The van der Waals surface area contributed by atoms with E-state index in [0.29, 0.717) is 24.6 Å². The van der Waals surface area contributed by atoms with Gasteiger partial charge in [-0.2, -0.15) is 0 Å². The van der Waals surface area contributed by atoms with Crippen molar-refractivity contribution in [2.24, 2.45) is 5.92 Å². The summed E-state index contributed by atoms with van der Waals surface area (Å²) in [6.45, 7) is 4.75. The lowest BCUT2D eigenvalue weighted by Crippen LogP contribution is -2.40. The monoisotopic (exact) mass is 261 g/mol. The molecule has 102 valence electrons. The van der Waals surface area contributed by atoms with Crippen molar-refractivity contribution < 1.29 is 9.59 Å². The van der Waals surface area contributed by atoms with Gasteiger partial charge in [-0.05, 0) is 29.7 Å². The van der Waals surface area contributed by atoms with Gasteiger partial charge in [0.1, 0.15) is 6.54 Å². The predicted molar refractivity (Wildman–Crippen MR) is 74.8 cm³/mol. The summed E-state index contributed by atoms with van der Waals surface area (Å²) < 4.78 is 0. The molecule has 0 spiro atoms. The molecule has 1 heterocycles. The van der Waals surface area contributed by atoms with Gasteiger partial charge in [0.05, 0.1) is 6.42 Å². The second-order valence-electron chi connectivity index (χ2n) is 5.24. The summed E-state index contributed by atoms with van der Waals surface area (Å²) in [5, 5.41) is 2.81. The number of nitrogens with two attached hydrogens (primary N) is 1. The van der Waals surface area contributed by atoms with Crippen molar-refractivity contribution in [2.45, 2.75) is 20.3 Å². The van der Waals surface area contributed by atoms with Gasteiger partial charge in [-0.15, -0.1) is 0 Å². The van der Waals surface area contributed by atoms with Gasteiger partial charge in [0.25, 0.3) is 0 Å². The number of amides is 2. The predicted octanol–water partition coefficient (Wildman–Crippen LogP) is 0.930. The number of carbonyl (C=O) groups is 2. The second-order valence-corrected chi connectivity index (χ2v) is 5.24. The van der Waals surface area contributed by atoms with Crippen LogP contribution in [0, 0.1) is 5.92 Å². The molecule has 0 radical (unpaired) electrons. The largest absolute Gasteiger partial charge is 0.399 e. The average molecular weight is 261 g/mol. The van der Waals surface area contributed by atoms with Crippen molar-refractivity contribution in [3.05, 3.63) is 23.8 Å². The van der Waals surface area contributed by atoms with Crippen molar-refractivity contribution in [3.63, 3.8) is 0 Å². The van der Waals surface area contributed by atoms with E-state index >= 15 is 0 Å². The highest BCUT2D eigenvalue weighted by molar-refractivity contribution is 6.05. The molecule has 5 nitrogen and oxygen atoms in total. The standard InChI is InChI=1S/C14H19N3O2/c1-9(2)7-16-13(18)8-17-12-4-3-11(15)5-10(12)6-14(17)19/h3-5,9H,6-8,15H2,1-2H3,(H,16,18). The first-order valence-corrected chi connectivity index (χ1v) is 6.43. The van der Waals surface area contributed by atoms with Crippen LogP contribution in [0.2, 0.25) is 0 Å². The summed E-state index contributed by atoms with van der Waals surface area (Å²) in [6.07, 6.45) is 0.317. The molecule has 0 saturated heterocycles. The van der Waals surface area contributed by atoms with Gasteiger partial charge < -0.3 is 16.0 Å². The average Bonchev–Trinajstić information content (AvgIpc) is 2.62. The molecule has 0 aliphatic carbocycles. The van der Waals surface area contributed by atoms with Crippen molar-refractivity contribution in [1.29, 1.82) is 0 Å². The molecule has 1 aliphatic rings. The van der Waals surface area contributed by atoms with Gasteiger partial charge in [0, 0.05) is 17.9 Å². The number of nitrogen functional groups attached to an aromatic ring is 1. The van der Waals surface area contributed by atoms with Gasteiger partial charge in [-0.1, -0.05) is 13.8 Å². The summed E-state index contributed by atoms with van der Waals surface area (Å²) in [5.74, 6) is 0.206. The van der Waals surface area contributed by atoms with Crippen LogP contribution in [-0.4, -0.2) is 24.9 Å². The molecule has 19 heavy (non-hydrogen) atoms. The van der Waals surface area contributed by atoms with E-state index in [1.54, 1.807) is 18.2 Å². The lowest BCUT2D eigenvalue weighted by atomic mass is 10.1. The van der Waals surface area contributed by atoms with Gasteiger partial charge in [-0.25, -0.2) is 0 Å². The highest BCUT2D eigenvalue weighted by Gasteiger charge is 2.28. The first-order chi connectivity index (χ1) is 8.97. The van der Waals surface area contributed by atoms with Gasteiger partial charge >= 0.3 is 0 Å². The molecule has 2 rings (SSSR count). The van der Waals surface area contributed by atoms with E-state index in [9.17, 15) is 9.59 Å². The Kier molecular flexibility index (Phi) is 3.74. The van der Waals surface area contributed by atoms with E-state index < -0.39 is 0 Å². The number of nitrogens with zero attached hydrogens (tertiary/aromatic N) is 1. The van der Waals surface area contributed by atoms with Crippen molar-refractivity contribution >= 4 is 23.2 Å². The molecule has 0 aromatic heterocycles.